The van der Waals surface area contributed by atoms with E-state index in [2.05, 4.69) is 0 Å². The van der Waals surface area contributed by atoms with Crippen LogP contribution < -0.4 is 0 Å². The quantitative estimate of drug-likeness (QED) is 0.531. The van der Waals surface area contributed by atoms with Gasteiger partial charge in [-0.25, -0.2) is 0 Å². The number of fused-ring (bicyclic) bond motifs is 1. The molecule has 2 saturated heterocycles. The van der Waals surface area contributed by atoms with Gasteiger partial charge in [-0.2, -0.15) is 0 Å². The van der Waals surface area contributed by atoms with Gasteiger partial charge in [0, 0.05) is 12.2 Å². The Morgan fingerprint density at radius 1 is 1.64 bits per heavy atom. The molecule has 0 saturated carbocycles. The van der Waals surface area contributed by atoms with E-state index in [9.17, 15) is 9.59 Å². The van der Waals surface area contributed by atoms with Crippen molar-refractivity contribution in [2.75, 3.05) is 5.75 Å². The Morgan fingerprint density at radius 2 is 2.45 bits per heavy atom. The number of hydrogen-bond donors (Lipinski definition) is 0. The maximum atomic E-state index is 11.2. The summed E-state index contributed by atoms with van der Waals surface area (Å²) in [6, 6.07) is -0.139. The maximum Gasteiger partial charge on any atom is 0.224 e. The standard InChI is InChI=1S/C7H9NO2S/c9-3-5-4-11-7-2-1-6(10)8(5)7/h3,5,7H,1-2,4H2. The topological polar surface area (TPSA) is 37.4 Å². The molecule has 0 aromatic carbocycles. The molecular formula is C7H9NO2S. The van der Waals surface area contributed by atoms with Crippen molar-refractivity contribution in [3.8, 4) is 0 Å². The van der Waals surface area contributed by atoms with Crippen molar-refractivity contribution in [2.45, 2.75) is 24.3 Å². The average molecular weight is 171 g/mol. The second kappa shape index (κ2) is 2.52. The first-order valence-corrected chi connectivity index (χ1v) is 4.76. The number of thioether (sulfide) groups is 1. The monoisotopic (exact) mass is 171 g/mol. The minimum Gasteiger partial charge on any atom is -0.320 e. The molecule has 2 atom stereocenters. The zero-order chi connectivity index (χ0) is 7.84. The number of rotatable bonds is 1. The fraction of sp³-hybridized carbons (Fsp3) is 0.714. The molecule has 0 spiro atoms. The first-order valence-electron chi connectivity index (χ1n) is 3.71. The van der Waals surface area contributed by atoms with Crippen LogP contribution in [0.25, 0.3) is 0 Å². The van der Waals surface area contributed by atoms with E-state index >= 15 is 0 Å². The van der Waals surface area contributed by atoms with E-state index in [0.717, 1.165) is 18.5 Å². The highest BCUT2D eigenvalue weighted by atomic mass is 32.2. The summed E-state index contributed by atoms with van der Waals surface area (Å²) in [6.07, 6.45) is 2.44. The van der Waals surface area contributed by atoms with Crippen LogP contribution in [0.3, 0.4) is 0 Å². The fourth-order valence-corrected chi connectivity index (χ4v) is 3.01. The molecule has 0 aromatic heterocycles. The summed E-state index contributed by atoms with van der Waals surface area (Å²) in [7, 11) is 0. The lowest BCUT2D eigenvalue weighted by Crippen LogP contribution is -2.36. The molecule has 0 N–H and O–H groups in total. The lowest BCUT2D eigenvalue weighted by Gasteiger charge is -2.17. The SMILES string of the molecule is O=CC1CSC2CCC(=O)N12. The molecule has 2 heterocycles. The zero-order valence-corrected chi connectivity index (χ0v) is 6.84. The smallest absolute Gasteiger partial charge is 0.224 e. The second-order valence-corrected chi connectivity index (χ2v) is 4.04. The van der Waals surface area contributed by atoms with Gasteiger partial charge in [-0.1, -0.05) is 0 Å². The average Bonchev–Trinajstić information content (AvgIpc) is 2.54. The van der Waals surface area contributed by atoms with Crippen LogP contribution >= 0.6 is 11.8 Å². The van der Waals surface area contributed by atoms with Crippen LogP contribution in [-0.2, 0) is 9.59 Å². The first kappa shape index (κ1) is 7.16. The Morgan fingerprint density at radius 3 is 3.18 bits per heavy atom. The number of aldehydes is 1. The third-order valence-corrected chi connectivity index (χ3v) is 3.56. The first-order chi connectivity index (χ1) is 5.33. The molecule has 2 rings (SSSR count). The van der Waals surface area contributed by atoms with Gasteiger partial charge in [-0.15, -0.1) is 11.8 Å². The van der Waals surface area contributed by atoms with Crippen molar-refractivity contribution in [1.29, 1.82) is 0 Å². The number of hydrogen-bond acceptors (Lipinski definition) is 3. The third kappa shape index (κ3) is 0.965. The summed E-state index contributed by atoms with van der Waals surface area (Å²) in [6.45, 7) is 0. The summed E-state index contributed by atoms with van der Waals surface area (Å²) in [5.41, 5.74) is 0. The van der Waals surface area contributed by atoms with E-state index < -0.39 is 0 Å². The van der Waals surface area contributed by atoms with Gasteiger partial charge in [0.2, 0.25) is 5.91 Å². The van der Waals surface area contributed by atoms with Crippen molar-refractivity contribution < 1.29 is 9.59 Å². The molecule has 3 nitrogen and oxygen atoms in total. The van der Waals surface area contributed by atoms with E-state index in [-0.39, 0.29) is 11.9 Å². The molecule has 2 aliphatic heterocycles. The number of nitrogens with zero attached hydrogens (tertiary/aromatic N) is 1. The van der Waals surface area contributed by atoms with E-state index in [1.807, 2.05) is 0 Å². The fourth-order valence-electron chi connectivity index (χ4n) is 1.63. The molecule has 11 heavy (non-hydrogen) atoms. The van der Waals surface area contributed by atoms with Gasteiger partial charge in [0.15, 0.2) is 0 Å². The number of amides is 1. The van der Waals surface area contributed by atoms with Crippen LogP contribution in [0.4, 0.5) is 0 Å². The molecule has 0 radical (unpaired) electrons. The van der Waals surface area contributed by atoms with Gasteiger partial charge in [-0.3, -0.25) is 4.79 Å². The molecule has 0 bridgehead atoms. The Kier molecular flexibility index (Phi) is 1.64. The second-order valence-electron chi connectivity index (χ2n) is 2.83. The largest absolute Gasteiger partial charge is 0.320 e. The van der Waals surface area contributed by atoms with Crippen LogP contribution in [0.1, 0.15) is 12.8 Å². The van der Waals surface area contributed by atoms with Gasteiger partial charge < -0.3 is 9.69 Å². The summed E-state index contributed by atoms with van der Waals surface area (Å²) in [5.74, 6) is 0.942. The predicted octanol–water partition coefficient (Wildman–Crippen LogP) is 0.249. The van der Waals surface area contributed by atoms with Gasteiger partial charge in [0.05, 0.1) is 11.4 Å². The maximum absolute atomic E-state index is 11.2. The van der Waals surface area contributed by atoms with Crippen molar-refractivity contribution in [3.05, 3.63) is 0 Å². The molecule has 1 amide bonds. The Labute approximate surface area is 69.1 Å². The highest BCUT2D eigenvalue weighted by Gasteiger charge is 2.41. The molecule has 60 valence electrons. The van der Waals surface area contributed by atoms with E-state index in [1.54, 1.807) is 16.7 Å². The highest BCUT2D eigenvalue weighted by molar-refractivity contribution is 8.00. The zero-order valence-electron chi connectivity index (χ0n) is 6.03. The normalized spacial score (nSPS) is 36.0. The minimum atomic E-state index is -0.139. The highest BCUT2D eigenvalue weighted by Crippen LogP contribution is 2.36. The van der Waals surface area contributed by atoms with Crippen LogP contribution in [0.2, 0.25) is 0 Å². The summed E-state index contributed by atoms with van der Waals surface area (Å²) < 4.78 is 0. The van der Waals surface area contributed by atoms with Crippen molar-refractivity contribution in [2.24, 2.45) is 0 Å². The van der Waals surface area contributed by atoms with E-state index in [1.165, 1.54) is 0 Å². The van der Waals surface area contributed by atoms with Crippen LogP contribution in [-0.4, -0.2) is 34.3 Å². The summed E-state index contributed by atoms with van der Waals surface area (Å²) in [4.78, 5) is 23.4. The van der Waals surface area contributed by atoms with Crippen molar-refractivity contribution in [3.63, 3.8) is 0 Å². The Balaban J connectivity index is 2.19. The summed E-state index contributed by atoms with van der Waals surface area (Å²) >= 11 is 1.72. The minimum absolute atomic E-state index is 0.139. The van der Waals surface area contributed by atoms with Gasteiger partial charge in [0.1, 0.15) is 6.29 Å². The van der Waals surface area contributed by atoms with Gasteiger partial charge >= 0.3 is 0 Å². The molecule has 0 aromatic rings. The van der Waals surface area contributed by atoms with Crippen LogP contribution in [0.5, 0.6) is 0 Å². The summed E-state index contributed by atoms with van der Waals surface area (Å²) in [5, 5.41) is 0.303. The van der Waals surface area contributed by atoms with E-state index in [4.69, 9.17) is 0 Å². The molecular weight excluding hydrogens is 162 g/mol. The lowest BCUT2D eigenvalue weighted by atomic mass is 10.3. The number of carbonyl (C=O) groups is 2. The Hall–Kier alpha value is -0.510. The molecule has 4 heteroatoms. The number of carbonyl (C=O) groups excluding carboxylic acids is 2. The molecule has 2 fully saturated rings. The van der Waals surface area contributed by atoms with Crippen molar-refractivity contribution in [1.82, 2.24) is 4.90 Å². The van der Waals surface area contributed by atoms with E-state index in [0.29, 0.717) is 11.8 Å². The third-order valence-electron chi connectivity index (χ3n) is 2.18. The van der Waals surface area contributed by atoms with Crippen LogP contribution in [0.15, 0.2) is 0 Å². The van der Waals surface area contributed by atoms with Crippen molar-refractivity contribution >= 4 is 24.0 Å². The van der Waals surface area contributed by atoms with Gasteiger partial charge in [0.25, 0.3) is 0 Å². The lowest BCUT2D eigenvalue weighted by molar-refractivity contribution is -0.132. The molecule has 2 aliphatic rings. The predicted molar refractivity (Wildman–Crippen MR) is 42.2 cm³/mol. The van der Waals surface area contributed by atoms with Crippen LogP contribution in [0, 0.1) is 0 Å². The molecule has 0 aliphatic carbocycles. The van der Waals surface area contributed by atoms with Gasteiger partial charge in [-0.05, 0) is 6.42 Å². The Bertz CT molecular complexity index is 207. The molecule has 2 unspecified atom stereocenters.